The molecule has 1 saturated heterocycles. The van der Waals surface area contributed by atoms with Crippen LogP contribution >= 0.6 is 0 Å². The number of rotatable bonds is 6. The van der Waals surface area contributed by atoms with Gasteiger partial charge in [0.05, 0.1) is 7.11 Å². The highest BCUT2D eigenvalue weighted by Crippen LogP contribution is 2.37. The summed E-state index contributed by atoms with van der Waals surface area (Å²) in [5.41, 5.74) is 4.25. The van der Waals surface area contributed by atoms with Gasteiger partial charge in [-0.15, -0.1) is 0 Å². The van der Waals surface area contributed by atoms with Gasteiger partial charge in [-0.1, -0.05) is 44.2 Å². The normalized spacial score (nSPS) is 17.4. The minimum absolute atomic E-state index is 0.00164. The number of methoxy groups -OCH3 is 1. The van der Waals surface area contributed by atoms with Gasteiger partial charge in [-0.05, 0) is 60.1 Å². The fraction of sp³-hybridized carbons (Fsp3) is 0.417. The quantitative estimate of drug-likeness (QED) is 0.678. The Labute approximate surface area is 172 Å². The zero-order chi connectivity index (χ0) is 21.1. The summed E-state index contributed by atoms with van der Waals surface area (Å²) in [6, 6.07) is 13.2. The highest BCUT2D eigenvalue weighted by molar-refractivity contribution is 5.94. The summed E-state index contributed by atoms with van der Waals surface area (Å²) in [4.78, 5) is 26.9. The summed E-state index contributed by atoms with van der Waals surface area (Å²) < 4.78 is 10.6. The first kappa shape index (κ1) is 20.9. The van der Waals surface area contributed by atoms with Crippen molar-refractivity contribution < 1.29 is 19.1 Å². The van der Waals surface area contributed by atoms with Gasteiger partial charge in [-0.2, -0.15) is 0 Å². The largest absolute Gasteiger partial charge is 0.497 e. The first-order chi connectivity index (χ1) is 13.8. The number of hydrogen-bond acceptors (Lipinski definition) is 4. The van der Waals surface area contributed by atoms with Gasteiger partial charge < -0.3 is 9.47 Å². The van der Waals surface area contributed by atoms with Crippen molar-refractivity contribution in [3.05, 3.63) is 64.7 Å². The van der Waals surface area contributed by atoms with Gasteiger partial charge in [0, 0.05) is 6.42 Å². The molecule has 3 rings (SSSR count). The Morgan fingerprint density at radius 1 is 1.17 bits per heavy atom. The van der Waals surface area contributed by atoms with Crippen LogP contribution in [0.3, 0.4) is 0 Å². The molecule has 0 spiro atoms. The zero-order valence-electron chi connectivity index (χ0n) is 17.8. The third-order valence-corrected chi connectivity index (χ3v) is 5.70. The van der Waals surface area contributed by atoms with Crippen molar-refractivity contribution in [2.75, 3.05) is 13.7 Å². The number of imide groups is 1. The Morgan fingerprint density at radius 3 is 2.34 bits per heavy atom. The summed E-state index contributed by atoms with van der Waals surface area (Å²) >= 11 is 0. The van der Waals surface area contributed by atoms with Crippen LogP contribution in [0.25, 0.3) is 0 Å². The van der Waals surface area contributed by atoms with Crippen LogP contribution in [0.5, 0.6) is 5.75 Å². The number of ether oxygens (including phenoxy) is 2. The highest BCUT2D eigenvalue weighted by atomic mass is 16.6. The predicted molar refractivity (Wildman–Crippen MR) is 112 cm³/mol. The summed E-state index contributed by atoms with van der Waals surface area (Å²) in [6.07, 6.45) is -0.307. The van der Waals surface area contributed by atoms with Crippen LogP contribution in [-0.2, 0) is 9.53 Å². The van der Waals surface area contributed by atoms with Gasteiger partial charge in [-0.3, -0.25) is 4.79 Å². The number of hydrogen-bond donors (Lipinski definition) is 0. The Bertz CT molecular complexity index is 868. The number of amides is 2. The van der Waals surface area contributed by atoms with Crippen LogP contribution in [0, 0.1) is 19.8 Å². The number of aryl methyl sites for hydroxylation is 2. The Balaban J connectivity index is 1.89. The molecule has 2 aromatic carbocycles. The molecule has 0 aliphatic carbocycles. The maximum Gasteiger partial charge on any atom is 0.417 e. The minimum atomic E-state index is -0.561. The Hall–Kier alpha value is -2.82. The molecular formula is C24H29NO4. The molecule has 5 heteroatoms. The van der Waals surface area contributed by atoms with E-state index in [4.69, 9.17) is 9.47 Å². The van der Waals surface area contributed by atoms with Crippen molar-refractivity contribution in [2.24, 2.45) is 5.92 Å². The summed E-state index contributed by atoms with van der Waals surface area (Å²) in [5.74, 6) is 0.844. The minimum Gasteiger partial charge on any atom is -0.497 e. The molecule has 0 radical (unpaired) electrons. The number of benzene rings is 2. The van der Waals surface area contributed by atoms with E-state index in [1.54, 1.807) is 7.11 Å². The lowest BCUT2D eigenvalue weighted by Crippen LogP contribution is -2.35. The zero-order valence-corrected chi connectivity index (χ0v) is 17.8. The van der Waals surface area contributed by atoms with Crippen LogP contribution in [-0.4, -0.2) is 30.6 Å². The van der Waals surface area contributed by atoms with Crippen LogP contribution < -0.4 is 4.74 Å². The van der Waals surface area contributed by atoms with Gasteiger partial charge in [0.1, 0.15) is 18.4 Å². The van der Waals surface area contributed by atoms with Gasteiger partial charge in [0.15, 0.2) is 0 Å². The molecule has 0 aromatic heterocycles. The second-order valence-corrected chi connectivity index (χ2v) is 8.00. The Kier molecular flexibility index (Phi) is 6.26. The first-order valence-corrected chi connectivity index (χ1v) is 10.0. The molecule has 0 bridgehead atoms. The predicted octanol–water partition coefficient (Wildman–Crippen LogP) is 5.16. The SMILES string of the molecule is COc1cc(C)c([C@@H](CC(=O)N2C(=O)OC[C@@H]2c2ccccc2)C(C)C)c(C)c1. The molecule has 1 heterocycles. The van der Waals surface area contributed by atoms with Gasteiger partial charge in [0.25, 0.3) is 0 Å². The maximum absolute atomic E-state index is 13.3. The summed E-state index contributed by atoms with van der Waals surface area (Å²) in [7, 11) is 1.65. The van der Waals surface area contributed by atoms with Crippen molar-refractivity contribution in [1.82, 2.24) is 4.90 Å². The lowest BCUT2D eigenvalue weighted by atomic mass is 9.80. The van der Waals surface area contributed by atoms with Gasteiger partial charge in [-0.25, -0.2) is 9.69 Å². The topological polar surface area (TPSA) is 55.8 Å². The molecule has 154 valence electrons. The lowest BCUT2D eigenvalue weighted by molar-refractivity contribution is -0.130. The summed E-state index contributed by atoms with van der Waals surface area (Å²) in [5, 5.41) is 0. The van der Waals surface area contributed by atoms with E-state index in [1.165, 1.54) is 4.90 Å². The monoisotopic (exact) mass is 395 g/mol. The molecule has 1 aliphatic heterocycles. The van der Waals surface area contributed by atoms with Gasteiger partial charge in [0.2, 0.25) is 5.91 Å². The molecule has 1 aliphatic rings. The van der Waals surface area contributed by atoms with E-state index in [-0.39, 0.29) is 36.8 Å². The molecule has 0 unspecified atom stereocenters. The molecule has 5 nitrogen and oxygen atoms in total. The van der Waals surface area contributed by atoms with Crippen LogP contribution in [0.4, 0.5) is 4.79 Å². The first-order valence-electron chi connectivity index (χ1n) is 10.0. The van der Waals surface area contributed by atoms with E-state index in [0.717, 1.165) is 28.0 Å². The Morgan fingerprint density at radius 2 is 1.79 bits per heavy atom. The number of carbonyl (C=O) groups is 2. The third kappa shape index (κ3) is 4.29. The average molecular weight is 395 g/mol. The fourth-order valence-corrected chi connectivity index (χ4v) is 4.21. The number of carbonyl (C=O) groups excluding carboxylic acids is 2. The number of nitrogens with zero attached hydrogens (tertiary/aromatic N) is 1. The summed E-state index contributed by atoms with van der Waals surface area (Å²) in [6.45, 7) is 8.50. The van der Waals surface area contributed by atoms with Crippen LogP contribution in [0.1, 0.15) is 54.5 Å². The second kappa shape index (κ2) is 8.68. The van der Waals surface area contributed by atoms with E-state index in [9.17, 15) is 9.59 Å². The van der Waals surface area contributed by atoms with E-state index >= 15 is 0 Å². The molecule has 0 N–H and O–H groups in total. The van der Waals surface area contributed by atoms with E-state index in [1.807, 2.05) is 56.3 Å². The van der Waals surface area contributed by atoms with E-state index in [0.29, 0.717) is 0 Å². The molecule has 0 saturated carbocycles. The van der Waals surface area contributed by atoms with Crippen molar-refractivity contribution in [2.45, 2.75) is 46.1 Å². The van der Waals surface area contributed by atoms with Crippen molar-refractivity contribution >= 4 is 12.0 Å². The van der Waals surface area contributed by atoms with Gasteiger partial charge >= 0.3 is 6.09 Å². The van der Waals surface area contributed by atoms with Crippen molar-refractivity contribution in [1.29, 1.82) is 0 Å². The molecule has 1 fully saturated rings. The van der Waals surface area contributed by atoms with Crippen LogP contribution in [0.15, 0.2) is 42.5 Å². The fourth-order valence-electron chi connectivity index (χ4n) is 4.21. The second-order valence-electron chi connectivity index (χ2n) is 8.00. The van der Waals surface area contributed by atoms with E-state index < -0.39 is 6.09 Å². The van der Waals surface area contributed by atoms with Crippen molar-refractivity contribution in [3.63, 3.8) is 0 Å². The lowest BCUT2D eigenvalue weighted by Gasteiger charge is -2.28. The van der Waals surface area contributed by atoms with E-state index in [2.05, 4.69) is 13.8 Å². The molecule has 29 heavy (non-hydrogen) atoms. The smallest absolute Gasteiger partial charge is 0.417 e. The molecule has 2 aromatic rings. The molecule has 2 atom stereocenters. The molecule has 2 amide bonds. The van der Waals surface area contributed by atoms with Crippen molar-refractivity contribution in [3.8, 4) is 5.75 Å². The van der Waals surface area contributed by atoms with Crippen LogP contribution in [0.2, 0.25) is 0 Å². The maximum atomic E-state index is 13.3. The molecular weight excluding hydrogens is 366 g/mol. The number of cyclic esters (lactones) is 1. The average Bonchev–Trinajstić information content (AvgIpc) is 3.08. The standard InChI is InChI=1S/C24H29NO4/c1-15(2)20(23-16(3)11-19(28-5)12-17(23)4)13-22(26)25-21(14-29-24(25)27)18-9-7-6-8-10-18/h6-12,15,20-21H,13-14H2,1-5H3/t20-,21+/m0/s1. The third-order valence-electron chi connectivity index (χ3n) is 5.70. The highest BCUT2D eigenvalue weighted by Gasteiger charge is 2.40.